The van der Waals surface area contributed by atoms with Crippen molar-refractivity contribution in [1.29, 1.82) is 0 Å². The molecule has 0 fully saturated rings. The minimum absolute atomic E-state index is 0.491. The lowest BCUT2D eigenvalue weighted by Crippen LogP contribution is -2.05. The fraction of sp³-hybridized carbons (Fsp3) is 0.250. The monoisotopic (exact) mass is 222 g/mol. The number of carboxylic acids is 1. The van der Waals surface area contributed by atoms with Gasteiger partial charge in [-0.3, -0.25) is 0 Å². The molecule has 0 spiro atoms. The van der Waals surface area contributed by atoms with Crippen molar-refractivity contribution in [3.05, 3.63) is 41.5 Å². The Morgan fingerprint density at radius 2 is 1.94 bits per heavy atom. The van der Waals surface area contributed by atoms with Crippen LogP contribution in [0.1, 0.15) is 17.4 Å². The Morgan fingerprint density at radius 1 is 1.31 bits per heavy atom. The van der Waals surface area contributed by atoms with Crippen LogP contribution in [-0.4, -0.2) is 25.3 Å². The Morgan fingerprint density at radius 3 is 2.50 bits per heavy atom. The summed E-state index contributed by atoms with van der Waals surface area (Å²) >= 11 is 0. The summed E-state index contributed by atoms with van der Waals surface area (Å²) in [5.41, 5.74) is 1.56. The van der Waals surface area contributed by atoms with E-state index in [9.17, 15) is 4.79 Å². The largest absolute Gasteiger partial charge is 0.478 e. The fourth-order valence-electron chi connectivity index (χ4n) is 1.39. The van der Waals surface area contributed by atoms with Crippen LogP contribution in [0.3, 0.4) is 0 Å². The number of carbonyl (C=O) groups is 1. The first kappa shape index (κ1) is 12.4. The van der Waals surface area contributed by atoms with E-state index >= 15 is 0 Å². The highest BCUT2D eigenvalue weighted by atomic mass is 16.7. The highest BCUT2D eigenvalue weighted by molar-refractivity contribution is 5.85. The lowest BCUT2D eigenvalue weighted by molar-refractivity contribution is -0.131. The Kier molecular flexibility index (Phi) is 4.69. The number of carboxylic acid groups (broad SMARTS) is 1. The summed E-state index contributed by atoms with van der Waals surface area (Å²) in [5, 5.41) is 8.57. The van der Waals surface area contributed by atoms with E-state index in [4.69, 9.17) is 14.6 Å². The average molecular weight is 222 g/mol. The van der Waals surface area contributed by atoms with Gasteiger partial charge in [-0.15, -0.1) is 0 Å². The highest BCUT2D eigenvalue weighted by Crippen LogP contribution is 2.22. The molecule has 0 amide bonds. The molecule has 0 saturated carbocycles. The SMILES string of the molecule is COC(OC)c1ccccc1/C=C/C(=O)O. The molecule has 1 aromatic rings. The van der Waals surface area contributed by atoms with E-state index in [1.165, 1.54) is 20.3 Å². The molecule has 1 rings (SSSR count). The van der Waals surface area contributed by atoms with Gasteiger partial charge in [0.1, 0.15) is 0 Å². The van der Waals surface area contributed by atoms with Gasteiger partial charge in [-0.2, -0.15) is 0 Å². The first-order valence-corrected chi connectivity index (χ1v) is 4.74. The van der Waals surface area contributed by atoms with Gasteiger partial charge in [0, 0.05) is 25.9 Å². The van der Waals surface area contributed by atoms with Crippen molar-refractivity contribution in [2.75, 3.05) is 14.2 Å². The zero-order valence-electron chi connectivity index (χ0n) is 9.21. The van der Waals surface area contributed by atoms with Gasteiger partial charge in [-0.25, -0.2) is 4.79 Å². The number of benzene rings is 1. The minimum Gasteiger partial charge on any atom is -0.478 e. The Balaban J connectivity index is 3.04. The third-order valence-electron chi connectivity index (χ3n) is 2.08. The predicted octanol–water partition coefficient (Wildman–Crippen LogP) is 2.08. The van der Waals surface area contributed by atoms with Crippen LogP contribution in [0.2, 0.25) is 0 Å². The van der Waals surface area contributed by atoms with Gasteiger partial charge in [-0.05, 0) is 11.6 Å². The molecular formula is C12H14O4. The average Bonchev–Trinajstić information content (AvgIpc) is 2.29. The third-order valence-corrected chi connectivity index (χ3v) is 2.08. The van der Waals surface area contributed by atoms with Crippen LogP contribution in [-0.2, 0) is 14.3 Å². The lowest BCUT2D eigenvalue weighted by Gasteiger charge is -2.15. The molecule has 0 aliphatic rings. The van der Waals surface area contributed by atoms with Crippen LogP contribution in [0.25, 0.3) is 6.08 Å². The van der Waals surface area contributed by atoms with Crippen LogP contribution in [0.15, 0.2) is 30.3 Å². The molecular weight excluding hydrogens is 208 g/mol. The van der Waals surface area contributed by atoms with Crippen LogP contribution in [0, 0.1) is 0 Å². The Bertz CT molecular complexity index is 380. The molecule has 0 saturated heterocycles. The van der Waals surface area contributed by atoms with E-state index < -0.39 is 12.3 Å². The van der Waals surface area contributed by atoms with E-state index in [-0.39, 0.29) is 0 Å². The smallest absolute Gasteiger partial charge is 0.328 e. The van der Waals surface area contributed by atoms with E-state index in [0.29, 0.717) is 0 Å². The fourth-order valence-corrected chi connectivity index (χ4v) is 1.39. The van der Waals surface area contributed by atoms with Crippen molar-refractivity contribution >= 4 is 12.0 Å². The number of methoxy groups -OCH3 is 2. The molecule has 4 heteroatoms. The molecule has 0 aliphatic carbocycles. The number of ether oxygens (including phenoxy) is 2. The van der Waals surface area contributed by atoms with Crippen molar-refractivity contribution < 1.29 is 19.4 Å². The molecule has 0 atom stereocenters. The second kappa shape index (κ2) is 6.05. The summed E-state index contributed by atoms with van der Waals surface area (Å²) in [6.45, 7) is 0. The summed E-state index contributed by atoms with van der Waals surface area (Å²) in [5.74, 6) is -0.985. The zero-order valence-corrected chi connectivity index (χ0v) is 9.21. The van der Waals surface area contributed by atoms with Gasteiger partial charge in [0.05, 0.1) is 0 Å². The van der Waals surface area contributed by atoms with Gasteiger partial charge in [0.15, 0.2) is 6.29 Å². The van der Waals surface area contributed by atoms with Crippen LogP contribution in [0.5, 0.6) is 0 Å². The molecule has 0 bridgehead atoms. The Labute approximate surface area is 94.1 Å². The Hall–Kier alpha value is -1.65. The summed E-state index contributed by atoms with van der Waals surface area (Å²) < 4.78 is 10.3. The number of hydrogen-bond donors (Lipinski definition) is 1. The molecule has 4 nitrogen and oxygen atoms in total. The minimum atomic E-state index is -0.985. The lowest BCUT2D eigenvalue weighted by atomic mass is 10.1. The summed E-state index contributed by atoms with van der Waals surface area (Å²) in [6.07, 6.45) is 2.11. The first-order valence-electron chi connectivity index (χ1n) is 4.74. The van der Waals surface area contributed by atoms with E-state index in [2.05, 4.69) is 0 Å². The zero-order chi connectivity index (χ0) is 12.0. The van der Waals surface area contributed by atoms with Crippen molar-refractivity contribution in [2.24, 2.45) is 0 Å². The summed E-state index contributed by atoms with van der Waals surface area (Å²) in [6, 6.07) is 7.31. The molecule has 0 aromatic heterocycles. The van der Waals surface area contributed by atoms with Crippen molar-refractivity contribution in [2.45, 2.75) is 6.29 Å². The quantitative estimate of drug-likeness (QED) is 0.612. The third kappa shape index (κ3) is 3.18. The second-order valence-electron chi connectivity index (χ2n) is 3.10. The van der Waals surface area contributed by atoms with Crippen molar-refractivity contribution in [3.63, 3.8) is 0 Å². The van der Waals surface area contributed by atoms with Crippen LogP contribution >= 0.6 is 0 Å². The maximum Gasteiger partial charge on any atom is 0.328 e. The van der Waals surface area contributed by atoms with Gasteiger partial charge in [0.25, 0.3) is 0 Å². The number of hydrogen-bond acceptors (Lipinski definition) is 3. The van der Waals surface area contributed by atoms with Crippen LogP contribution in [0.4, 0.5) is 0 Å². The van der Waals surface area contributed by atoms with E-state index in [0.717, 1.165) is 17.2 Å². The standard InChI is InChI=1S/C12H14O4/c1-15-12(16-2)10-6-4-3-5-9(10)7-8-11(13)14/h3-8,12H,1-2H3,(H,13,14)/b8-7+. The molecule has 86 valence electrons. The van der Waals surface area contributed by atoms with Gasteiger partial charge >= 0.3 is 5.97 Å². The molecule has 16 heavy (non-hydrogen) atoms. The normalized spacial score (nSPS) is 11.2. The topological polar surface area (TPSA) is 55.8 Å². The molecule has 1 aromatic carbocycles. The number of aliphatic carboxylic acids is 1. The molecule has 0 unspecified atom stereocenters. The van der Waals surface area contributed by atoms with Gasteiger partial charge in [0.2, 0.25) is 0 Å². The maximum absolute atomic E-state index is 10.4. The molecule has 0 heterocycles. The summed E-state index contributed by atoms with van der Waals surface area (Å²) in [7, 11) is 3.07. The first-order chi connectivity index (χ1) is 7.69. The maximum atomic E-state index is 10.4. The van der Waals surface area contributed by atoms with Crippen molar-refractivity contribution in [3.8, 4) is 0 Å². The number of rotatable bonds is 5. The van der Waals surface area contributed by atoms with Gasteiger partial charge in [-0.1, -0.05) is 24.3 Å². The van der Waals surface area contributed by atoms with Crippen molar-refractivity contribution in [1.82, 2.24) is 0 Å². The predicted molar refractivity (Wildman–Crippen MR) is 59.9 cm³/mol. The molecule has 0 aliphatic heterocycles. The van der Waals surface area contributed by atoms with E-state index in [1.807, 2.05) is 18.2 Å². The second-order valence-corrected chi connectivity index (χ2v) is 3.10. The van der Waals surface area contributed by atoms with Crippen LogP contribution < -0.4 is 0 Å². The molecule has 1 N–H and O–H groups in total. The van der Waals surface area contributed by atoms with E-state index in [1.54, 1.807) is 6.07 Å². The highest BCUT2D eigenvalue weighted by Gasteiger charge is 2.11. The summed E-state index contributed by atoms with van der Waals surface area (Å²) in [4.78, 5) is 10.4. The molecule has 0 radical (unpaired) electrons. The van der Waals surface area contributed by atoms with Gasteiger partial charge < -0.3 is 14.6 Å².